The molecule has 6 heteroatoms. The van der Waals surface area contributed by atoms with Crippen LogP contribution < -0.4 is 16.0 Å². The highest BCUT2D eigenvalue weighted by Gasteiger charge is 2.35. The topological polar surface area (TPSA) is 67.6 Å². The number of anilines is 1. The zero-order valence-electron chi connectivity index (χ0n) is 18.4. The Hall–Kier alpha value is -1.89. The standard InChI is InChI=1S/C25H34BrN3O2/c1-31-19-5-4-17-28-25(15-6-9-20-8-2-3-10-23(20)25)16-7-18-29(24(27)30)22-13-11-21(26)12-14-22/h2-3,8,10-14,28H,4-7,9,15-19H2,1H3,(H2,27,30). The van der Waals surface area contributed by atoms with E-state index in [4.69, 9.17) is 10.5 Å². The maximum atomic E-state index is 12.1. The number of carbonyl (C=O) groups is 1. The third-order valence-electron chi connectivity index (χ3n) is 6.21. The molecule has 1 atom stereocenters. The number of methoxy groups -OCH3 is 1. The number of unbranched alkanes of at least 4 members (excludes halogenated alkanes) is 1. The van der Waals surface area contributed by atoms with Crippen molar-refractivity contribution in [2.75, 3.05) is 31.7 Å². The van der Waals surface area contributed by atoms with Crippen molar-refractivity contribution in [1.82, 2.24) is 5.32 Å². The monoisotopic (exact) mass is 487 g/mol. The molecular weight excluding hydrogens is 454 g/mol. The molecule has 0 fully saturated rings. The van der Waals surface area contributed by atoms with Crippen molar-refractivity contribution in [2.24, 2.45) is 5.73 Å². The number of halogens is 1. The number of primary amides is 1. The van der Waals surface area contributed by atoms with Gasteiger partial charge in [-0.3, -0.25) is 4.90 Å². The Bertz CT molecular complexity index is 843. The fourth-order valence-corrected chi connectivity index (χ4v) is 4.94. The Labute approximate surface area is 194 Å². The van der Waals surface area contributed by atoms with Gasteiger partial charge in [-0.25, -0.2) is 4.79 Å². The predicted octanol–water partition coefficient (Wildman–Crippen LogP) is 5.36. The molecule has 0 saturated carbocycles. The minimum Gasteiger partial charge on any atom is -0.385 e. The highest BCUT2D eigenvalue weighted by Crippen LogP contribution is 2.39. The molecule has 1 aliphatic carbocycles. The average molecular weight is 488 g/mol. The minimum atomic E-state index is -0.409. The van der Waals surface area contributed by atoms with Crippen LogP contribution in [0.2, 0.25) is 0 Å². The summed E-state index contributed by atoms with van der Waals surface area (Å²) in [6.45, 7) is 2.36. The first-order valence-electron chi connectivity index (χ1n) is 11.2. The number of carbonyl (C=O) groups excluding carboxylic acids is 1. The smallest absolute Gasteiger partial charge is 0.319 e. The van der Waals surface area contributed by atoms with Gasteiger partial charge in [0.1, 0.15) is 0 Å². The lowest BCUT2D eigenvalue weighted by Crippen LogP contribution is -2.46. The van der Waals surface area contributed by atoms with Crippen LogP contribution in [0.4, 0.5) is 10.5 Å². The molecule has 3 rings (SSSR count). The Balaban J connectivity index is 1.71. The molecule has 168 valence electrons. The lowest BCUT2D eigenvalue weighted by atomic mass is 9.73. The normalized spacial score (nSPS) is 17.9. The summed E-state index contributed by atoms with van der Waals surface area (Å²) in [5.41, 5.74) is 9.36. The first kappa shape index (κ1) is 23.8. The largest absolute Gasteiger partial charge is 0.385 e. The summed E-state index contributed by atoms with van der Waals surface area (Å²) in [5.74, 6) is 0. The van der Waals surface area contributed by atoms with Gasteiger partial charge in [0.05, 0.1) is 0 Å². The summed E-state index contributed by atoms with van der Waals surface area (Å²) in [4.78, 5) is 13.8. The second-order valence-corrected chi connectivity index (χ2v) is 9.21. The van der Waals surface area contributed by atoms with E-state index in [1.54, 1.807) is 12.0 Å². The molecule has 0 heterocycles. The lowest BCUT2D eigenvalue weighted by Gasteiger charge is -2.41. The molecule has 0 radical (unpaired) electrons. The molecule has 31 heavy (non-hydrogen) atoms. The third-order valence-corrected chi connectivity index (χ3v) is 6.74. The van der Waals surface area contributed by atoms with E-state index in [2.05, 4.69) is 45.5 Å². The van der Waals surface area contributed by atoms with E-state index in [1.165, 1.54) is 17.5 Å². The van der Waals surface area contributed by atoms with Gasteiger partial charge in [0.15, 0.2) is 0 Å². The Morgan fingerprint density at radius 2 is 1.94 bits per heavy atom. The number of urea groups is 1. The number of benzene rings is 2. The van der Waals surface area contributed by atoms with Crippen molar-refractivity contribution < 1.29 is 9.53 Å². The zero-order valence-corrected chi connectivity index (χ0v) is 20.0. The fourth-order valence-electron chi connectivity index (χ4n) is 4.68. The maximum absolute atomic E-state index is 12.1. The average Bonchev–Trinajstić information content (AvgIpc) is 2.77. The molecule has 2 aromatic carbocycles. The highest BCUT2D eigenvalue weighted by atomic mass is 79.9. The molecule has 0 aromatic heterocycles. The van der Waals surface area contributed by atoms with E-state index in [0.717, 1.165) is 61.8 Å². The van der Waals surface area contributed by atoms with Crippen LogP contribution in [-0.2, 0) is 16.7 Å². The van der Waals surface area contributed by atoms with Crippen molar-refractivity contribution in [2.45, 2.75) is 50.5 Å². The molecule has 5 nitrogen and oxygen atoms in total. The highest BCUT2D eigenvalue weighted by molar-refractivity contribution is 9.10. The van der Waals surface area contributed by atoms with Gasteiger partial charge in [-0.2, -0.15) is 0 Å². The minimum absolute atomic E-state index is 0.0506. The first-order valence-corrected chi connectivity index (χ1v) is 12.0. The molecule has 1 unspecified atom stereocenters. The number of aryl methyl sites for hydroxylation is 1. The Kier molecular flexibility index (Phi) is 8.93. The Morgan fingerprint density at radius 1 is 1.16 bits per heavy atom. The van der Waals surface area contributed by atoms with E-state index in [0.29, 0.717) is 6.54 Å². The second-order valence-electron chi connectivity index (χ2n) is 8.29. The first-order chi connectivity index (χ1) is 15.1. The van der Waals surface area contributed by atoms with E-state index in [9.17, 15) is 4.79 Å². The number of amides is 2. The van der Waals surface area contributed by atoms with Crippen LogP contribution in [0.15, 0.2) is 53.0 Å². The van der Waals surface area contributed by atoms with E-state index < -0.39 is 6.03 Å². The summed E-state index contributed by atoms with van der Waals surface area (Å²) in [6.07, 6.45) is 7.41. The molecule has 3 N–H and O–H groups in total. The van der Waals surface area contributed by atoms with Gasteiger partial charge in [0, 0.05) is 36.0 Å². The molecule has 1 aliphatic rings. The van der Waals surface area contributed by atoms with E-state index in [1.807, 2.05) is 24.3 Å². The van der Waals surface area contributed by atoms with Crippen LogP contribution in [0.1, 0.15) is 49.7 Å². The van der Waals surface area contributed by atoms with Crippen molar-refractivity contribution >= 4 is 27.6 Å². The summed E-state index contributed by atoms with van der Waals surface area (Å²) in [5, 5.41) is 3.90. The van der Waals surface area contributed by atoms with Crippen LogP contribution in [0.3, 0.4) is 0 Å². The van der Waals surface area contributed by atoms with Gasteiger partial charge in [-0.1, -0.05) is 40.2 Å². The van der Waals surface area contributed by atoms with Gasteiger partial charge < -0.3 is 15.8 Å². The van der Waals surface area contributed by atoms with Gasteiger partial charge >= 0.3 is 6.03 Å². The van der Waals surface area contributed by atoms with Crippen LogP contribution >= 0.6 is 15.9 Å². The number of fused-ring (bicyclic) bond motifs is 1. The molecule has 2 amide bonds. The fraction of sp³-hybridized carbons (Fsp3) is 0.480. The number of ether oxygens (including phenoxy) is 1. The number of hydrogen-bond donors (Lipinski definition) is 2. The number of nitrogens with one attached hydrogen (secondary N) is 1. The van der Waals surface area contributed by atoms with E-state index in [-0.39, 0.29) is 5.54 Å². The molecule has 0 spiro atoms. The van der Waals surface area contributed by atoms with Crippen LogP contribution in [0.5, 0.6) is 0 Å². The third kappa shape index (κ3) is 6.31. The molecule has 0 saturated heterocycles. The summed E-state index contributed by atoms with van der Waals surface area (Å²) < 4.78 is 6.18. The molecule has 0 bridgehead atoms. The molecule has 2 aromatic rings. The summed E-state index contributed by atoms with van der Waals surface area (Å²) in [6, 6.07) is 16.1. The van der Waals surface area contributed by atoms with Crippen LogP contribution in [0.25, 0.3) is 0 Å². The number of rotatable bonds is 11. The number of nitrogens with zero attached hydrogens (tertiary/aromatic N) is 1. The summed E-state index contributed by atoms with van der Waals surface area (Å²) >= 11 is 3.45. The van der Waals surface area contributed by atoms with Gasteiger partial charge in [0.25, 0.3) is 0 Å². The lowest BCUT2D eigenvalue weighted by molar-refractivity contribution is 0.188. The molecule has 0 aliphatic heterocycles. The molecular formula is C25H34BrN3O2. The van der Waals surface area contributed by atoms with Crippen molar-refractivity contribution in [3.8, 4) is 0 Å². The maximum Gasteiger partial charge on any atom is 0.319 e. The Morgan fingerprint density at radius 3 is 2.68 bits per heavy atom. The van der Waals surface area contributed by atoms with Gasteiger partial charge in [-0.05, 0) is 86.9 Å². The van der Waals surface area contributed by atoms with E-state index >= 15 is 0 Å². The van der Waals surface area contributed by atoms with Crippen LogP contribution in [-0.4, -0.2) is 32.8 Å². The van der Waals surface area contributed by atoms with Crippen molar-refractivity contribution in [3.05, 3.63) is 64.1 Å². The predicted molar refractivity (Wildman–Crippen MR) is 130 cm³/mol. The van der Waals surface area contributed by atoms with Gasteiger partial charge in [-0.15, -0.1) is 0 Å². The SMILES string of the molecule is COCCCCNC1(CCCN(C(N)=O)c2ccc(Br)cc2)CCCc2ccccc21. The number of nitrogens with two attached hydrogens (primary N) is 1. The van der Waals surface area contributed by atoms with Gasteiger partial charge in [0.2, 0.25) is 0 Å². The zero-order chi connectivity index (χ0) is 22.1. The summed E-state index contributed by atoms with van der Waals surface area (Å²) in [7, 11) is 1.75. The van der Waals surface area contributed by atoms with Crippen LogP contribution in [0, 0.1) is 0 Å². The second kappa shape index (κ2) is 11.7. The quantitative estimate of drug-likeness (QED) is 0.419. The number of hydrogen-bond acceptors (Lipinski definition) is 3. The van der Waals surface area contributed by atoms with Crippen molar-refractivity contribution in [3.63, 3.8) is 0 Å². The van der Waals surface area contributed by atoms with Crippen molar-refractivity contribution in [1.29, 1.82) is 0 Å².